The van der Waals surface area contributed by atoms with E-state index >= 15 is 0 Å². The average Bonchev–Trinajstić information content (AvgIpc) is 3.32. The summed E-state index contributed by atoms with van der Waals surface area (Å²) in [6.45, 7) is 7.96. The highest BCUT2D eigenvalue weighted by Gasteiger charge is 2.20. The van der Waals surface area contributed by atoms with Gasteiger partial charge in [0, 0.05) is 150 Å². The molecule has 0 radical (unpaired) electrons. The molecule has 0 amide bonds. The first kappa shape index (κ1) is 50.8. The summed E-state index contributed by atoms with van der Waals surface area (Å²) in [7, 11) is 0. The van der Waals surface area contributed by atoms with E-state index in [-0.39, 0.29) is 0 Å². The minimum atomic E-state index is 0.842. The van der Waals surface area contributed by atoms with Gasteiger partial charge >= 0.3 is 0 Å². The molecule has 6 aromatic carbocycles. The van der Waals surface area contributed by atoms with Crippen molar-refractivity contribution in [2.24, 2.45) is 0 Å². The second-order valence-corrected chi connectivity index (χ2v) is 23.2. The van der Waals surface area contributed by atoms with Crippen LogP contribution in [-0.4, -0.2) is 17.3 Å². The van der Waals surface area contributed by atoms with Gasteiger partial charge in [-0.15, -0.1) is 0 Å². The van der Waals surface area contributed by atoms with Crippen molar-refractivity contribution in [3.8, 4) is 22.3 Å². The van der Waals surface area contributed by atoms with Crippen LogP contribution in [0.2, 0.25) is 0 Å². The van der Waals surface area contributed by atoms with Crippen LogP contribution in [0.4, 0.5) is 0 Å². The van der Waals surface area contributed by atoms with Crippen molar-refractivity contribution < 1.29 is 36.5 Å². The van der Waals surface area contributed by atoms with Crippen molar-refractivity contribution in [3.63, 3.8) is 0 Å². The van der Waals surface area contributed by atoms with E-state index in [0.717, 1.165) is 65.3 Å². The Hall–Kier alpha value is -10.2. The van der Waals surface area contributed by atoms with Crippen LogP contribution in [0, 0.1) is 0 Å². The number of hydrogen-bond acceptors (Lipinski definition) is 0. The zero-order chi connectivity index (χ0) is 55.8. The lowest BCUT2D eigenvalue weighted by atomic mass is 9.97. The molecule has 0 spiro atoms. The lowest BCUT2D eigenvalue weighted by molar-refractivity contribution is -0.689. The van der Waals surface area contributed by atoms with Crippen LogP contribution in [0.15, 0.2) is 275 Å². The first-order valence-electron chi connectivity index (χ1n) is 29.5. The molecule has 8 heteroatoms. The molecule has 0 saturated heterocycles. The van der Waals surface area contributed by atoms with Crippen LogP contribution in [0.3, 0.4) is 0 Å². The SMILES string of the molecule is C1=C2CC[N+](=C1)Cc1ccc(cc1)C[n+]1ccc(cc1)-c1cc[n+](cc1)Cc1ccc(cc1)C[n+]1ccc2cc1.c1cc2ccc1C[n+]1ccc(cc1)-c1cc[n+](cc1)Cc1ccc(cc1)C[n+]1cc3ccc4c[n+](cc5ccc(c1)c3c45)C2. The van der Waals surface area contributed by atoms with Gasteiger partial charge in [0.1, 0.15) is 6.54 Å². The van der Waals surface area contributed by atoms with Crippen LogP contribution >= 0.6 is 0 Å². The molecular formula is C76H66N8+8. The summed E-state index contributed by atoms with van der Waals surface area (Å²) in [5.74, 6) is 0. The number of allylic oxidation sites excluding steroid dienone is 1. The summed E-state index contributed by atoms with van der Waals surface area (Å²) in [5, 5.41) is 7.84. The quantitative estimate of drug-likeness (QED) is 0.107. The molecule has 13 aromatic rings. The average molecular weight is 1090 g/mol. The minimum absolute atomic E-state index is 0.842. The van der Waals surface area contributed by atoms with Crippen molar-refractivity contribution in [3.05, 3.63) is 325 Å². The van der Waals surface area contributed by atoms with Gasteiger partial charge in [0.25, 0.3) is 0 Å². The van der Waals surface area contributed by atoms with Gasteiger partial charge in [0.2, 0.25) is 0 Å². The first-order chi connectivity index (χ1) is 41.4. The van der Waals surface area contributed by atoms with Crippen molar-refractivity contribution in [1.82, 2.24) is 0 Å². The van der Waals surface area contributed by atoms with Gasteiger partial charge in [-0.1, -0.05) is 97.1 Å². The zero-order valence-corrected chi connectivity index (χ0v) is 47.2. The molecule has 7 aromatic heterocycles. The molecule has 49 rings (SSSR count). The Morgan fingerprint density at radius 3 is 0.714 bits per heavy atom. The van der Waals surface area contributed by atoms with Gasteiger partial charge in [0.15, 0.2) is 145 Å². The van der Waals surface area contributed by atoms with Gasteiger partial charge < -0.3 is 0 Å². The fourth-order valence-electron chi connectivity index (χ4n) is 12.5. The predicted molar refractivity (Wildman–Crippen MR) is 329 cm³/mol. The van der Waals surface area contributed by atoms with Crippen LogP contribution in [-0.2, 0) is 52.4 Å². The van der Waals surface area contributed by atoms with E-state index in [1.165, 1.54) is 110 Å². The molecule has 0 aliphatic carbocycles. The first-order valence-corrected chi connectivity index (χ1v) is 29.5. The molecule has 43 heterocycles. The molecule has 8 nitrogen and oxygen atoms in total. The Balaban J connectivity index is 0.000000144. The Kier molecular flexibility index (Phi) is 13.5. The number of hydrogen-bond donors (Lipinski definition) is 0. The third kappa shape index (κ3) is 11.1. The summed E-state index contributed by atoms with van der Waals surface area (Å²) in [6, 6.07) is 67.5. The molecule has 0 unspecified atom stereocenters. The maximum Gasteiger partial charge on any atom is 0.177 e. The van der Waals surface area contributed by atoms with Crippen molar-refractivity contribution in [2.45, 2.75) is 58.8 Å². The second-order valence-electron chi connectivity index (χ2n) is 23.2. The third-order valence-corrected chi connectivity index (χ3v) is 17.2. The summed E-state index contributed by atoms with van der Waals surface area (Å²) in [4.78, 5) is 0. The molecule has 0 saturated carbocycles. The highest BCUT2D eigenvalue weighted by atomic mass is 15.0. The highest BCUT2D eigenvalue weighted by Crippen LogP contribution is 2.33. The van der Waals surface area contributed by atoms with Crippen molar-refractivity contribution in [2.75, 3.05) is 6.54 Å². The maximum absolute atomic E-state index is 2.42. The van der Waals surface area contributed by atoms with Crippen molar-refractivity contribution >= 4 is 44.1 Å². The third-order valence-electron chi connectivity index (χ3n) is 17.2. The van der Waals surface area contributed by atoms with Crippen LogP contribution in [0.1, 0.15) is 56.5 Å². The normalized spacial score (nSPS) is 13.9. The summed E-state index contributed by atoms with van der Waals surface area (Å²) in [6.07, 6.45) is 36.6. The molecule has 28 bridgehead atoms. The lowest BCUT2D eigenvalue weighted by Gasteiger charge is -2.11. The molecule has 402 valence electrons. The number of benzene rings is 6. The van der Waals surface area contributed by atoms with E-state index in [1.807, 2.05) is 0 Å². The van der Waals surface area contributed by atoms with E-state index in [0.29, 0.717) is 0 Å². The largest absolute Gasteiger partial charge is 0.231 e. The predicted octanol–water partition coefficient (Wildman–Crippen LogP) is 10.7. The summed E-state index contributed by atoms with van der Waals surface area (Å²) >= 11 is 0. The van der Waals surface area contributed by atoms with Gasteiger partial charge in [-0.05, 0) is 57.7 Å². The Morgan fingerprint density at radius 2 is 0.464 bits per heavy atom. The monoisotopic (exact) mass is 1090 g/mol. The number of aromatic nitrogens is 7. The highest BCUT2D eigenvalue weighted by molar-refractivity contribution is 6.21. The minimum Gasteiger partial charge on any atom is -0.231 e. The molecule has 36 aliphatic rings. The zero-order valence-electron chi connectivity index (χ0n) is 47.2. The van der Waals surface area contributed by atoms with Gasteiger partial charge in [-0.3, -0.25) is 0 Å². The number of pyridine rings is 7. The second kappa shape index (κ2) is 22.3. The fraction of sp³-hybridized carbons (Fsp3) is 0.132. The molecule has 0 atom stereocenters. The molecule has 36 aliphatic heterocycles. The van der Waals surface area contributed by atoms with Crippen LogP contribution < -0.4 is 32.0 Å². The van der Waals surface area contributed by atoms with Gasteiger partial charge in [0.05, 0.1) is 0 Å². The smallest absolute Gasteiger partial charge is 0.177 e. The lowest BCUT2D eigenvalue weighted by Crippen LogP contribution is -2.35. The molecule has 84 heavy (non-hydrogen) atoms. The summed E-state index contributed by atoms with van der Waals surface area (Å²) < 4.78 is 18.3. The van der Waals surface area contributed by atoms with E-state index in [2.05, 4.69) is 318 Å². The maximum atomic E-state index is 2.42. The van der Waals surface area contributed by atoms with E-state index < -0.39 is 0 Å². The van der Waals surface area contributed by atoms with Crippen LogP contribution in [0.25, 0.3) is 60.1 Å². The van der Waals surface area contributed by atoms with Gasteiger partial charge in [-0.25, -0.2) is 27.4 Å². The molecular weight excluding hydrogens is 1020 g/mol. The Labute approximate surface area is 490 Å². The standard InChI is InChI=1S/C40H32N4.C36H34N4/c1-5-31-6-2-29(1)21-41-17-13-33(14-18-41)34-15-19-42(20-16-34)22-30-3-7-32(8-4-30)24-44-27-37-11-9-35-25-43(23-31)26-36-10-12-38(28-44)40(37)39(35)36;1-2-30-4-3-29(1)25-37-17-9-33(10-18-37)35-13-21-39(22-14-35)27-31-5-7-32(8-6-31)28-40-23-15-36(16-24-40)34-11-19-38(26-30)20-12-34/h1-20,25-28H,21-24H2;1-15,17-23H,16,24-28H2/q2*+4. The topological polar surface area (TPSA) is 30.2 Å². The van der Waals surface area contributed by atoms with E-state index in [4.69, 9.17) is 0 Å². The Morgan fingerprint density at radius 1 is 0.226 bits per heavy atom. The molecule has 0 fully saturated rings. The number of nitrogens with zero attached hydrogens (tertiary/aromatic N) is 8. The number of rotatable bonds is 0. The van der Waals surface area contributed by atoms with E-state index in [1.54, 1.807) is 0 Å². The fourth-order valence-corrected chi connectivity index (χ4v) is 12.5. The van der Waals surface area contributed by atoms with E-state index in [9.17, 15) is 0 Å². The summed E-state index contributed by atoms with van der Waals surface area (Å²) in [5.41, 5.74) is 18.1. The molecule has 0 N–H and O–H groups in total. The Bertz CT molecular complexity index is 4320. The van der Waals surface area contributed by atoms with Crippen LogP contribution in [0.5, 0.6) is 0 Å². The van der Waals surface area contributed by atoms with Crippen molar-refractivity contribution in [1.29, 1.82) is 0 Å². The van der Waals surface area contributed by atoms with Gasteiger partial charge in [-0.2, -0.15) is 9.13 Å².